The van der Waals surface area contributed by atoms with Gasteiger partial charge in [0, 0.05) is 16.7 Å². The van der Waals surface area contributed by atoms with E-state index in [1.807, 2.05) is 12.1 Å². The number of nitrogen functional groups attached to an aromatic ring is 1. The Bertz CT molecular complexity index is 590. The largest absolute Gasteiger partial charge is 0.497 e. The SMILES string of the molecule is COc1ccc(Nc2ncc(Br)cc2N)c(OC)c1. The lowest BCUT2D eigenvalue weighted by Crippen LogP contribution is -2.01. The molecule has 0 radical (unpaired) electrons. The fraction of sp³-hybridized carbons (Fsp3) is 0.154. The van der Waals surface area contributed by atoms with Crippen molar-refractivity contribution in [2.75, 3.05) is 25.3 Å². The minimum absolute atomic E-state index is 0.548. The van der Waals surface area contributed by atoms with Crippen LogP contribution < -0.4 is 20.5 Å². The summed E-state index contributed by atoms with van der Waals surface area (Å²) < 4.78 is 11.3. The first-order chi connectivity index (χ1) is 9.13. The number of nitrogens with zero attached hydrogens (tertiary/aromatic N) is 1. The first-order valence-electron chi connectivity index (χ1n) is 5.54. The molecule has 2 aromatic rings. The average molecular weight is 324 g/mol. The van der Waals surface area contributed by atoms with Gasteiger partial charge in [-0.2, -0.15) is 0 Å². The number of benzene rings is 1. The molecule has 0 saturated heterocycles. The van der Waals surface area contributed by atoms with Crippen LogP contribution >= 0.6 is 15.9 Å². The topological polar surface area (TPSA) is 69.4 Å². The number of hydrogen-bond acceptors (Lipinski definition) is 5. The fourth-order valence-electron chi connectivity index (χ4n) is 1.59. The predicted molar refractivity (Wildman–Crippen MR) is 79.2 cm³/mol. The van der Waals surface area contributed by atoms with Gasteiger partial charge in [-0.3, -0.25) is 0 Å². The van der Waals surface area contributed by atoms with Crippen LogP contribution in [0, 0.1) is 0 Å². The summed E-state index contributed by atoms with van der Waals surface area (Å²) in [5.41, 5.74) is 7.21. The van der Waals surface area contributed by atoms with E-state index in [2.05, 4.69) is 26.2 Å². The molecule has 0 saturated carbocycles. The van der Waals surface area contributed by atoms with Crippen LogP contribution in [0.5, 0.6) is 11.5 Å². The molecule has 0 aliphatic carbocycles. The summed E-state index contributed by atoms with van der Waals surface area (Å²) in [4.78, 5) is 4.22. The van der Waals surface area contributed by atoms with Gasteiger partial charge in [0.25, 0.3) is 0 Å². The Kier molecular flexibility index (Phi) is 4.11. The van der Waals surface area contributed by atoms with E-state index >= 15 is 0 Å². The highest BCUT2D eigenvalue weighted by Gasteiger charge is 2.08. The van der Waals surface area contributed by atoms with Crippen molar-refractivity contribution in [3.63, 3.8) is 0 Å². The van der Waals surface area contributed by atoms with Crippen LogP contribution in [0.4, 0.5) is 17.2 Å². The molecule has 0 aliphatic rings. The third kappa shape index (κ3) is 3.08. The lowest BCUT2D eigenvalue weighted by molar-refractivity contribution is 0.395. The molecule has 1 aromatic carbocycles. The number of anilines is 3. The van der Waals surface area contributed by atoms with Crippen molar-refractivity contribution in [1.82, 2.24) is 4.98 Å². The zero-order chi connectivity index (χ0) is 13.8. The number of nitrogens with two attached hydrogens (primary N) is 1. The van der Waals surface area contributed by atoms with Crippen LogP contribution in [0.15, 0.2) is 34.9 Å². The van der Waals surface area contributed by atoms with Gasteiger partial charge >= 0.3 is 0 Å². The van der Waals surface area contributed by atoms with Crippen molar-refractivity contribution in [3.8, 4) is 11.5 Å². The number of aromatic nitrogens is 1. The van der Waals surface area contributed by atoms with Gasteiger partial charge in [-0.05, 0) is 34.1 Å². The standard InChI is InChI=1S/C13H14BrN3O2/c1-18-9-3-4-11(12(6-9)19-2)17-13-10(15)5-8(14)7-16-13/h3-7H,15H2,1-2H3,(H,16,17). The fourth-order valence-corrected chi connectivity index (χ4v) is 1.94. The van der Waals surface area contributed by atoms with E-state index in [4.69, 9.17) is 15.2 Å². The molecule has 100 valence electrons. The van der Waals surface area contributed by atoms with Gasteiger partial charge in [-0.15, -0.1) is 0 Å². The van der Waals surface area contributed by atoms with Crippen LogP contribution in [0.2, 0.25) is 0 Å². The Labute approximate surface area is 119 Å². The second kappa shape index (κ2) is 5.79. The van der Waals surface area contributed by atoms with Crippen molar-refractivity contribution in [1.29, 1.82) is 0 Å². The van der Waals surface area contributed by atoms with Crippen molar-refractivity contribution < 1.29 is 9.47 Å². The summed E-state index contributed by atoms with van der Waals surface area (Å²) in [6.07, 6.45) is 1.68. The molecule has 1 heterocycles. The van der Waals surface area contributed by atoms with E-state index < -0.39 is 0 Å². The van der Waals surface area contributed by atoms with Gasteiger partial charge in [0.2, 0.25) is 0 Å². The zero-order valence-electron chi connectivity index (χ0n) is 10.6. The van der Waals surface area contributed by atoms with Crippen molar-refractivity contribution >= 4 is 33.1 Å². The first-order valence-corrected chi connectivity index (χ1v) is 6.33. The molecule has 19 heavy (non-hydrogen) atoms. The minimum Gasteiger partial charge on any atom is -0.497 e. The maximum absolute atomic E-state index is 5.90. The van der Waals surface area contributed by atoms with Gasteiger partial charge < -0.3 is 20.5 Å². The normalized spacial score (nSPS) is 10.1. The maximum atomic E-state index is 5.90. The second-order valence-corrected chi connectivity index (χ2v) is 4.70. The molecule has 0 fully saturated rings. The number of ether oxygens (including phenoxy) is 2. The first kappa shape index (κ1) is 13.5. The summed E-state index contributed by atoms with van der Waals surface area (Å²) >= 11 is 3.32. The number of rotatable bonds is 4. The molecule has 5 nitrogen and oxygen atoms in total. The molecule has 0 amide bonds. The summed E-state index contributed by atoms with van der Waals surface area (Å²) in [6.45, 7) is 0. The van der Waals surface area contributed by atoms with Crippen LogP contribution in [0.25, 0.3) is 0 Å². The Balaban J connectivity index is 2.32. The Morgan fingerprint density at radius 2 is 2.00 bits per heavy atom. The molecular formula is C13H14BrN3O2. The summed E-state index contributed by atoms with van der Waals surface area (Å²) in [5, 5.41) is 3.13. The second-order valence-electron chi connectivity index (χ2n) is 3.78. The molecule has 2 rings (SSSR count). The van der Waals surface area contributed by atoms with Gasteiger partial charge in [0.1, 0.15) is 11.5 Å². The Hall–Kier alpha value is -1.95. The average Bonchev–Trinajstić information content (AvgIpc) is 2.42. The lowest BCUT2D eigenvalue weighted by Gasteiger charge is -2.13. The monoisotopic (exact) mass is 323 g/mol. The van der Waals surface area contributed by atoms with Crippen LogP contribution in [0.1, 0.15) is 0 Å². The number of nitrogens with one attached hydrogen (secondary N) is 1. The van der Waals surface area contributed by atoms with E-state index in [0.717, 1.165) is 15.9 Å². The summed E-state index contributed by atoms with van der Waals surface area (Å²) in [7, 11) is 3.20. The summed E-state index contributed by atoms with van der Waals surface area (Å²) in [5.74, 6) is 1.95. The van der Waals surface area contributed by atoms with Gasteiger partial charge in [-0.1, -0.05) is 0 Å². The Morgan fingerprint density at radius 3 is 2.63 bits per heavy atom. The molecule has 0 bridgehead atoms. The Morgan fingerprint density at radius 1 is 1.21 bits per heavy atom. The molecule has 3 N–H and O–H groups in total. The van der Waals surface area contributed by atoms with Crippen LogP contribution in [-0.4, -0.2) is 19.2 Å². The van der Waals surface area contributed by atoms with Crippen molar-refractivity contribution in [2.45, 2.75) is 0 Å². The third-order valence-electron chi connectivity index (χ3n) is 2.55. The number of halogens is 1. The predicted octanol–water partition coefficient (Wildman–Crippen LogP) is 3.19. The van der Waals surface area contributed by atoms with Crippen molar-refractivity contribution in [3.05, 3.63) is 34.9 Å². The maximum Gasteiger partial charge on any atom is 0.153 e. The minimum atomic E-state index is 0.548. The van der Waals surface area contributed by atoms with E-state index in [0.29, 0.717) is 17.3 Å². The third-order valence-corrected chi connectivity index (χ3v) is 2.98. The summed E-state index contributed by atoms with van der Waals surface area (Å²) in [6, 6.07) is 7.25. The molecule has 0 aliphatic heterocycles. The van der Waals surface area contributed by atoms with Crippen LogP contribution in [-0.2, 0) is 0 Å². The van der Waals surface area contributed by atoms with Gasteiger partial charge in [0.15, 0.2) is 5.82 Å². The number of pyridine rings is 1. The smallest absolute Gasteiger partial charge is 0.153 e. The molecule has 1 aromatic heterocycles. The highest BCUT2D eigenvalue weighted by Crippen LogP contribution is 2.32. The highest BCUT2D eigenvalue weighted by atomic mass is 79.9. The van der Waals surface area contributed by atoms with E-state index in [9.17, 15) is 0 Å². The van der Waals surface area contributed by atoms with E-state index in [1.54, 1.807) is 32.5 Å². The molecule has 0 unspecified atom stereocenters. The van der Waals surface area contributed by atoms with E-state index in [-0.39, 0.29) is 0 Å². The number of methoxy groups -OCH3 is 2. The van der Waals surface area contributed by atoms with Gasteiger partial charge in [-0.25, -0.2) is 4.98 Å². The van der Waals surface area contributed by atoms with Crippen LogP contribution in [0.3, 0.4) is 0 Å². The molecule has 0 spiro atoms. The van der Waals surface area contributed by atoms with Gasteiger partial charge in [0.05, 0.1) is 25.6 Å². The number of hydrogen-bond donors (Lipinski definition) is 2. The van der Waals surface area contributed by atoms with E-state index in [1.165, 1.54) is 0 Å². The lowest BCUT2D eigenvalue weighted by atomic mass is 10.2. The molecule has 0 atom stereocenters. The molecule has 6 heteroatoms. The van der Waals surface area contributed by atoms with Crippen molar-refractivity contribution in [2.24, 2.45) is 0 Å². The molecular weight excluding hydrogens is 310 g/mol. The highest BCUT2D eigenvalue weighted by molar-refractivity contribution is 9.10. The zero-order valence-corrected chi connectivity index (χ0v) is 12.2. The quantitative estimate of drug-likeness (QED) is 0.904.